The van der Waals surface area contributed by atoms with Crippen molar-refractivity contribution in [2.75, 3.05) is 20.1 Å². The average molecular weight is 186 g/mol. The largest absolute Gasteiger partial charge is 0.327 e. The van der Waals surface area contributed by atoms with E-state index >= 15 is 0 Å². The highest BCUT2D eigenvalue weighted by Gasteiger charge is 2.04. The van der Waals surface area contributed by atoms with Crippen LogP contribution in [0.4, 0.5) is 0 Å². The number of hydrogen-bond acceptors (Lipinski definition) is 2. The third-order valence-corrected chi connectivity index (χ3v) is 2.35. The maximum atomic E-state index is 5.95. The SMILES string of the molecule is CCCCCN(C)CC(N)CCC. The summed E-state index contributed by atoms with van der Waals surface area (Å²) < 4.78 is 0. The van der Waals surface area contributed by atoms with Gasteiger partial charge in [0.25, 0.3) is 0 Å². The lowest BCUT2D eigenvalue weighted by Gasteiger charge is -2.20. The average Bonchev–Trinajstić information content (AvgIpc) is 2.05. The van der Waals surface area contributed by atoms with E-state index in [9.17, 15) is 0 Å². The van der Waals surface area contributed by atoms with Crippen LogP contribution >= 0.6 is 0 Å². The Morgan fingerprint density at radius 2 is 1.85 bits per heavy atom. The highest BCUT2D eigenvalue weighted by molar-refractivity contribution is 4.65. The molecule has 0 rings (SSSR count). The summed E-state index contributed by atoms with van der Waals surface area (Å²) in [5, 5.41) is 0. The van der Waals surface area contributed by atoms with Gasteiger partial charge in [-0.3, -0.25) is 0 Å². The van der Waals surface area contributed by atoms with Crippen molar-refractivity contribution in [2.24, 2.45) is 5.73 Å². The molecule has 0 amide bonds. The van der Waals surface area contributed by atoms with Gasteiger partial charge in [0.2, 0.25) is 0 Å². The topological polar surface area (TPSA) is 29.3 Å². The summed E-state index contributed by atoms with van der Waals surface area (Å²) in [6, 6.07) is 0.372. The second-order valence-electron chi connectivity index (χ2n) is 4.02. The van der Waals surface area contributed by atoms with Gasteiger partial charge in [-0.25, -0.2) is 0 Å². The van der Waals surface area contributed by atoms with Gasteiger partial charge in [-0.15, -0.1) is 0 Å². The molecule has 0 saturated carbocycles. The predicted octanol–water partition coefficient (Wildman–Crippen LogP) is 2.24. The lowest BCUT2D eigenvalue weighted by molar-refractivity contribution is 0.297. The second kappa shape index (κ2) is 8.52. The van der Waals surface area contributed by atoms with Gasteiger partial charge in [0.15, 0.2) is 0 Å². The number of unbranched alkanes of at least 4 members (excludes halogenated alkanes) is 2. The summed E-state index contributed by atoms with van der Waals surface area (Å²) in [5.41, 5.74) is 5.95. The fraction of sp³-hybridized carbons (Fsp3) is 1.00. The monoisotopic (exact) mass is 186 g/mol. The number of nitrogens with two attached hydrogens (primary N) is 1. The number of hydrogen-bond donors (Lipinski definition) is 1. The van der Waals surface area contributed by atoms with Crippen molar-refractivity contribution in [3.8, 4) is 0 Å². The van der Waals surface area contributed by atoms with Crippen LogP contribution in [0, 0.1) is 0 Å². The normalized spacial score (nSPS) is 13.6. The van der Waals surface area contributed by atoms with Crippen molar-refractivity contribution in [1.82, 2.24) is 4.90 Å². The minimum absolute atomic E-state index is 0.372. The molecule has 0 heterocycles. The Morgan fingerprint density at radius 3 is 2.38 bits per heavy atom. The molecule has 0 radical (unpaired) electrons. The first kappa shape index (κ1) is 12.9. The van der Waals surface area contributed by atoms with E-state index in [4.69, 9.17) is 5.73 Å². The molecule has 0 aromatic carbocycles. The van der Waals surface area contributed by atoms with Gasteiger partial charge < -0.3 is 10.6 Å². The van der Waals surface area contributed by atoms with Crippen molar-refractivity contribution < 1.29 is 0 Å². The highest BCUT2D eigenvalue weighted by atomic mass is 15.1. The van der Waals surface area contributed by atoms with Crippen LogP contribution in [-0.2, 0) is 0 Å². The van der Waals surface area contributed by atoms with E-state index in [1.54, 1.807) is 0 Å². The fourth-order valence-corrected chi connectivity index (χ4v) is 1.59. The van der Waals surface area contributed by atoms with Crippen LogP contribution < -0.4 is 5.73 Å². The lowest BCUT2D eigenvalue weighted by atomic mass is 10.1. The molecule has 0 aliphatic rings. The zero-order valence-electron chi connectivity index (χ0n) is 9.55. The molecular weight excluding hydrogens is 160 g/mol. The van der Waals surface area contributed by atoms with Crippen LogP contribution in [0.25, 0.3) is 0 Å². The van der Waals surface area contributed by atoms with Crippen molar-refractivity contribution in [3.63, 3.8) is 0 Å². The van der Waals surface area contributed by atoms with E-state index < -0.39 is 0 Å². The first-order chi connectivity index (χ1) is 6.20. The van der Waals surface area contributed by atoms with Crippen LogP contribution in [0.2, 0.25) is 0 Å². The highest BCUT2D eigenvalue weighted by Crippen LogP contribution is 1.99. The first-order valence-electron chi connectivity index (χ1n) is 5.64. The van der Waals surface area contributed by atoms with Gasteiger partial charge in [-0.2, -0.15) is 0 Å². The Hall–Kier alpha value is -0.0800. The maximum Gasteiger partial charge on any atom is 0.0167 e. The van der Waals surface area contributed by atoms with Crippen LogP contribution in [0.15, 0.2) is 0 Å². The van der Waals surface area contributed by atoms with Gasteiger partial charge in [0.1, 0.15) is 0 Å². The minimum Gasteiger partial charge on any atom is -0.327 e. The summed E-state index contributed by atoms with van der Waals surface area (Å²) in [6.45, 7) is 6.68. The standard InChI is InChI=1S/C11H26N2/c1-4-6-7-9-13(3)10-11(12)8-5-2/h11H,4-10,12H2,1-3H3. The van der Waals surface area contributed by atoms with Gasteiger partial charge in [-0.1, -0.05) is 33.1 Å². The van der Waals surface area contributed by atoms with Crippen molar-refractivity contribution in [3.05, 3.63) is 0 Å². The molecule has 0 saturated heterocycles. The molecule has 0 aliphatic heterocycles. The maximum absolute atomic E-state index is 5.95. The molecule has 13 heavy (non-hydrogen) atoms. The van der Waals surface area contributed by atoms with E-state index in [0.29, 0.717) is 6.04 Å². The summed E-state index contributed by atoms with van der Waals surface area (Å²) in [4.78, 5) is 2.36. The van der Waals surface area contributed by atoms with Gasteiger partial charge >= 0.3 is 0 Å². The van der Waals surface area contributed by atoms with Crippen LogP contribution in [0.3, 0.4) is 0 Å². The van der Waals surface area contributed by atoms with E-state index in [1.807, 2.05) is 0 Å². The molecule has 0 spiro atoms. The van der Waals surface area contributed by atoms with Crippen LogP contribution in [-0.4, -0.2) is 31.1 Å². The molecule has 0 aromatic heterocycles. The molecule has 1 atom stereocenters. The lowest BCUT2D eigenvalue weighted by Crippen LogP contribution is -2.35. The van der Waals surface area contributed by atoms with Crippen LogP contribution in [0.5, 0.6) is 0 Å². The van der Waals surface area contributed by atoms with E-state index in [2.05, 4.69) is 25.8 Å². The summed E-state index contributed by atoms with van der Waals surface area (Å²) in [6.07, 6.45) is 6.30. The second-order valence-corrected chi connectivity index (χ2v) is 4.02. The van der Waals surface area contributed by atoms with Crippen molar-refractivity contribution >= 4 is 0 Å². The quantitative estimate of drug-likeness (QED) is 0.589. The Morgan fingerprint density at radius 1 is 1.15 bits per heavy atom. The molecule has 0 aliphatic carbocycles. The van der Waals surface area contributed by atoms with E-state index in [-0.39, 0.29) is 0 Å². The van der Waals surface area contributed by atoms with Crippen molar-refractivity contribution in [2.45, 2.75) is 52.0 Å². The Bertz CT molecular complexity index is 104. The molecule has 80 valence electrons. The summed E-state index contributed by atoms with van der Waals surface area (Å²) in [5.74, 6) is 0. The molecule has 2 nitrogen and oxygen atoms in total. The summed E-state index contributed by atoms with van der Waals surface area (Å²) in [7, 11) is 2.17. The van der Waals surface area contributed by atoms with Crippen LogP contribution in [0.1, 0.15) is 46.0 Å². The molecule has 0 aromatic rings. The Labute approximate surface area is 83.5 Å². The van der Waals surface area contributed by atoms with E-state index in [1.165, 1.54) is 32.2 Å². The smallest absolute Gasteiger partial charge is 0.0167 e. The number of rotatable bonds is 8. The minimum atomic E-state index is 0.372. The zero-order chi connectivity index (χ0) is 10.1. The molecule has 1 unspecified atom stereocenters. The molecule has 0 bridgehead atoms. The molecule has 0 fully saturated rings. The van der Waals surface area contributed by atoms with E-state index in [0.717, 1.165) is 13.0 Å². The zero-order valence-corrected chi connectivity index (χ0v) is 9.55. The van der Waals surface area contributed by atoms with Crippen molar-refractivity contribution in [1.29, 1.82) is 0 Å². The third-order valence-electron chi connectivity index (χ3n) is 2.35. The molecular formula is C11H26N2. The number of nitrogens with zero attached hydrogens (tertiary/aromatic N) is 1. The predicted molar refractivity (Wildman–Crippen MR) is 59.9 cm³/mol. The Kier molecular flexibility index (Phi) is 8.46. The first-order valence-corrected chi connectivity index (χ1v) is 5.64. The number of likely N-dealkylation sites (N-methyl/N-ethyl adjacent to an activating group) is 1. The summed E-state index contributed by atoms with van der Waals surface area (Å²) >= 11 is 0. The fourth-order valence-electron chi connectivity index (χ4n) is 1.59. The van der Waals surface area contributed by atoms with Gasteiger partial charge in [0.05, 0.1) is 0 Å². The van der Waals surface area contributed by atoms with Gasteiger partial charge in [-0.05, 0) is 26.4 Å². The third kappa shape index (κ3) is 8.26. The Balaban J connectivity index is 3.32. The molecule has 2 N–H and O–H groups in total. The molecule has 2 heteroatoms. The van der Waals surface area contributed by atoms with Gasteiger partial charge in [0, 0.05) is 12.6 Å².